The standard InChI is InChI=1S/C23H19F2N3O2/c1-30-14-6-2-5-13(11-14)20-15(12-26)23(27)28(18-9-4-10-19(29)21(18)20)22-16(24)7-3-8-17(22)25/h2-3,5-8,11,20H,4,9-10,27H2,1H3/t20-/m1/s1. The highest BCUT2D eigenvalue weighted by atomic mass is 19.1. The predicted octanol–water partition coefficient (Wildman–Crippen LogP) is 4.28. The number of para-hydroxylation sites is 1. The number of allylic oxidation sites excluding steroid dienone is 3. The molecule has 0 radical (unpaired) electrons. The topological polar surface area (TPSA) is 79.3 Å². The number of methoxy groups -OCH3 is 1. The Balaban J connectivity index is 2.01. The van der Waals surface area contributed by atoms with Crippen LogP contribution in [0.3, 0.4) is 0 Å². The molecule has 1 aliphatic carbocycles. The number of hydrogen-bond acceptors (Lipinski definition) is 5. The van der Waals surface area contributed by atoms with E-state index in [1.54, 1.807) is 24.3 Å². The monoisotopic (exact) mass is 407 g/mol. The van der Waals surface area contributed by atoms with Crippen molar-refractivity contribution in [2.45, 2.75) is 25.2 Å². The average molecular weight is 407 g/mol. The van der Waals surface area contributed by atoms with Crippen LogP contribution >= 0.6 is 0 Å². The van der Waals surface area contributed by atoms with Gasteiger partial charge in [-0.25, -0.2) is 8.78 Å². The van der Waals surface area contributed by atoms with E-state index in [1.807, 2.05) is 0 Å². The number of anilines is 1. The fraction of sp³-hybridized carbons (Fsp3) is 0.217. The minimum Gasteiger partial charge on any atom is -0.497 e. The largest absolute Gasteiger partial charge is 0.497 e. The first-order valence-corrected chi connectivity index (χ1v) is 9.52. The number of carbonyl (C=O) groups excluding carboxylic acids is 1. The van der Waals surface area contributed by atoms with E-state index in [1.165, 1.54) is 18.1 Å². The van der Waals surface area contributed by atoms with E-state index in [0.717, 1.165) is 12.1 Å². The zero-order valence-corrected chi connectivity index (χ0v) is 16.3. The quantitative estimate of drug-likeness (QED) is 0.822. The van der Waals surface area contributed by atoms with Crippen molar-refractivity contribution in [2.24, 2.45) is 5.73 Å². The summed E-state index contributed by atoms with van der Waals surface area (Å²) in [6, 6.07) is 12.6. The number of nitrogens with two attached hydrogens (primary N) is 1. The van der Waals surface area contributed by atoms with Crippen LogP contribution in [0.25, 0.3) is 0 Å². The van der Waals surface area contributed by atoms with E-state index >= 15 is 0 Å². The van der Waals surface area contributed by atoms with E-state index in [2.05, 4.69) is 6.07 Å². The summed E-state index contributed by atoms with van der Waals surface area (Å²) in [4.78, 5) is 14.2. The Morgan fingerprint density at radius 1 is 1.17 bits per heavy atom. The molecule has 2 aromatic carbocycles. The minimum absolute atomic E-state index is 0.0694. The smallest absolute Gasteiger partial charge is 0.161 e. The van der Waals surface area contributed by atoms with E-state index < -0.39 is 17.6 Å². The second-order valence-corrected chi connectivity index (χ2v) is 7.16. The number of hydrogen-bond donors (Lipinski definition) is 1. The lowest BCUT2D eigenvalue weighted by Gasteiger charge is -2.39. The molecule has 0 fully saturated rings. The first-order chi connectivity index (χ1) is 14.5. The summed E-state index contributed by atoms with van der Waals surface area (Å²) >= 11 is 0. The molecule has 0 spiro atoms. The zero-order valence-electron chi connectivity index (χ0n) is 16.3. The van der Waals surface area contributed by atoms with Gasteiger partial charge < -0.3 is 10.5 Å². The van der Waals surface area contributed by atoms with Crippen LogP contribution in [0.4, 0.5) is 14.5 Å². The average Bonchev–Trinajstić information content (AvgIpc) is 2.74. The molecule has 0 aromatic heterocycles. The Hall–Kier alpha value is -3.66. The fourth-order valence-corrected chi connectivity index (χ4v) is 4.20. The van der Waals surface area contributed by atoms with Gasteiger partial charge in [-0.2, -0.15) is 5.26 Å². The molecular weight excluding hydrogens is 388 g/mol. The van der Waals surface area contributed by atoms with Crippen molar-refractivity contribution in [1.82, 2.24) is 0 Å². The second kappa shape index (κ2) is 7.64. The minimum atomic E-state index is -0.819. The zero-order chi connectivity index (χ0) is 21.4. The van der Waals surface area contributed by atoms with Gasteiger partial charge in [-0.05, 0) is 42.7 Å². The molecule has 152 valence electrons. The van der Waals surface area contributed by atoms with Gasteiger partial charge in [-0.15, -0.1) is 0 Å². The third-order valence-electron chi connectivity index (χ3n) is 5.50. The van der Waals surface area contributed by atoms with E-state index in [9.17, 15) is 18.8 Å². The SMILES string of the molecule is COc1cccc([C@@H]2C(C#N)=C(N)N(c3c(F)cccc3F)C3=C2C(=O)CCC3)c1. The molecule has 1 aliphatic heterocycles. The number of nitriles is 1. The van der Waals surface area contributed by atoms with Crippen LogP contribution in [0.15, 0.2) is 65.1 Å². The van der Waals surface area contributed by atoms with Crippen LogP contribution in [0.1, 0.15) is 30.7 Å². The van der Waals surface area contributed by atoms with Crippen LogP contribution in [-0.2, 0) is 4.79 Å². The van der Waals surface area contributed by atoms with Gasteiger partial charge in [0.15, 0.2) is 5.78 Å². The maximum atomic E-state index is 14.6. The van der Waals surface area contributed by atoms with Gasteiger partial charge in [0.05, 0.1) is 24.7 Å². The van der Waals surface area contributed by atoms with Crippen LogP contribution < -0.4 is 15.4 Å². The molecule has 2 aromatic rings. The summed E-state index contributed by atoms with van der Waals surface area (Å²) in [6.45, 7) is 0. The molecule has 0 bridgehead atoms. The lowest BCUT2D eigenvalue weighted by Crippen LogP contribution is -2.39. The summed E-state index contributed by atoms with van der Waals surface area (Å²) in [5, 5.41) is 9.93. The first-order valence-electron chi connectivity index (χ1n) is 9.52. The molecule has 1 atom stereocenters. The molecule has 30 heavy (non-hydrogen) atoms. The number of rotatable bonds is 3. The van der Waals surface area contributed by atoms with Gasteiger partial charge in [0.25, 0.3) is 0 Å². The molecule has 4 rings (SSSR count). The third kappa shape index (κ3) is 3.01. The highest BCUT2D eigenvalue weighted by Crippen LogP contribution is 2.47. The van der Waals surface area contributed by atoms with Crippen LogP contribution in [0.2, 0.25) is 0 Å². The Bertz CT molecular complexity index is 1130. The van der Waals surface area contributed by atoms with E-state index in [0.29, 0.717) is 41.8 Å². The van der Waals surface area contributed by atoms with Gasteiger partial charge in [-0.1, -0.05) is 18.2 Å². The Morgan fingerprint density at radius 3 is 2.53 bits per heavy atom. The molecule has 0 amide bonds. The predicted molar refractivity (Wildman–Crippen MR) is 107 cm³/mol. The van der Waals surface area contributed by atoms with E-state index in [-0.39, 0.29) is 22.9 Å². The number of Topliss-reactive ketones (excluding diaryl/α,β-unsaturated/α-hetero) is 1. The van der Waals surface area contributed by atoms with Crippen LogP contribution in [-0.4, -0.2) is 12.9 Å². The van der Waals surface area contributed by atoms with Crippen molar-refractivity contribution in [3.63, 3.8) is 0 Å². The van der Waals surface area contributed by atoms with Gasteiger partial charge in [0.1, 0.15) is 28.9 Å². The maximum absolute atomic E-state index is 14.6. The summed E-state index contributed by atoms with van der Waals surface area (Å²) in [7, 11) is 1.52. The summed E-state index contributed by atoms with van der Waals surface area (Å²) in [5.74, 6) is -2.04. The van der Waals surface area contributed by atoms with Crippen molar-refractivity contribution < 1.29 is 18.3 Å². The number of ether oxygens (including phenoxy) is 1. The van der Waals surface area contributed by atoms with Gasteiger partial charge in [0.2, 0.25) is 0 Å². The summed E-state index contributed by atoms with van der Waals surface area (Å²) in [5.41, 5.74) is 7.45. The molecule has 2 aliphatic rings. The number of benzene rings is 2. The Labute approximate surface area is 172 Å². The highest BCUT2D eigenvalue weighted by molar-refractivity contribution is 6.01. The van der Waals surface area contributed by atoms with Crippen molar-refractivity contribution in [1.29, 1.82) is 5.26 Å². The third-order valence-corrected chi connectivity index (χ3v) is 5.50. The van der Waals surface area contributed by atoms with Crippen LogP contribution in [0, 0.1) is 23.0 Å². The first kappa shape index (κ1) is 19.6. The van der Waals surface area contributed by atoms with Gasteiger partial charge in [0, 0.05) is 17.7 Å². The van der Waals surface area contributed by atoms with Crippen LogP contribution in [0.5, 0.6) is 5.75 Å². The summed E-state index contributed by atoms with van der Waals surface area (Å²) in [6.07, 6.45) is 1.24. The molecule has 5 nitrogen and oxygen atoms in total. The molecule has 1 heterocycles. The van der Waals surface area contributed by atoms with E-state index in [4.69, 9.17) is 10.5 Å². The number of nitrogens with zero attached hydrogens (tertiary/aromatic N) is 2. The summed E-state index contributed by atoms with van der Waals surface area (Å²) < 4.78 is 34.6. The Kier molecular flexibility index (Phi) is 5.00. The number of halogens is 2. The van der Waals surface area contributed by atoms with Crippen molar-refractivity contribution in [2.75, 3.05) is 12.0 Å². The van der Waals surface area contributed by atoms with Crippen molar-refractivity contribution in [3.8, 4) is 11.8 Å². The maximum Gasteiger partial charge on any atom is 0.161 e. The van der Waals surface area contributed by atoms with Gasteiger partial charge >= 0.3 is 0 Å². The normalized spacial score (nSPS) is 18.9. The van der Waals surface area contributed by atoms with Gasteiger partial charge in [-0.3, -0.25) is 9.69 Å². The highest BCUT2D eigenvalue weighted by Gasteiger charge is 2.41. The lowest BCUT2D eigenvalue weighted by atomic mass is 9.75. The van der Waals surface area contributed by atoms with Crippen molar-refractivity contribution in [3.05, 3.63) is 82.3 Å². The molecule has 0 saturated heterocycles. The lowest BCUT2D eigenvalue weighted by molar-refractivity contribution is -0.116. The van der Waals surface area contributed by atoms with Crippen molar-refractivity contribution >= 4 is 11.5 Å². The molecule has 0 unspecified atom stereocenters. The number of carbonyl (C=O) groups is 1. The molecule has 7 heteroatoms. The molecule has 2 N–H and O–H groups in total. The Morgan fingerprint density at radius 2 is 1.87 bits per heavy atom. The molecule has 0 saturated carbocycles. The second-order valence-electron chi connectivity index (χ2n) is 7.16. The molecular formula is C23H19F2N3O2. The fourth-order valence-electron chi connectivity index (χ4n) is 4.20. The number of ketones is 1.